The summed E-state index contributed by atoms with van der Waals surface area (Å²) >= 11 is 1.34. The Labute approximate surface area is 127 Å². The first-order valence-corrected chi connectivity index (χ1v) is 7.66. The van der Waals surface area contributed by atoms with Crippen LogP contribution in [0, 0.1) is 0 Å². The van der Waals surface area contributed by atoms with Crippen molar-refractivity contribution in [3.63, 3.8) is 0 Å². The number of hydrogen-bond donors (Lipinski definition) is 2. The lowest BCUT2D eigenvalue weighted by Gasteiger charge is -2.15. The van der Waals surface area contributed by atoms with Crippen LogP contribution < -0.4 is 5.32 Å². The highest BCUT2D eigenvalue weighted by Crippen LogP contribution is 2.10. The van der Waals surface area contributed by atoms with E-state index in [0.29, 0.717) is 17.8 Å². The highest BCUT2D eigenvalue weighted by Gasteiger charge is 2.15. The number of carbonyl (C=O) groups excluding carboxylic acids is 2. The van der Waals surface area contributed by atoms with Crippen molar-refractivity contribution in [2.75, 3.05) is 20.1 Å². The molecule has 2 amide bonds. The van der Waals surface area contributed by atoms with Gasteiger partial charge in [0.2, 0.25) is 5.91 Å². The van der Waals surface area contributed by atoms with Crippen molar-refractivity contribution in [3.05, 3.63) is 22.4 Å². The summed E-state index contributed by atoms with van der Waals surface area (Å²) in [5, 5.41) is 13.0. The maximum absolute atomic E-state index is 11.9. The number of amides is 2. The Hall–Kier alpha value is -1.89. The summed E-state index contributed by atoms with van der Waals surface area (Å²) < 4.78 is 0. The molecule has 1 aromatic heterocycles. The predicted octanol–water partition coefficient (Wildman–Crippen LogP) is 1.58. The average molecular weight is 312 g/mol. The average Bonchev–Trinajstić information content (AvgIpc) is 2.95. The molecule has 0 aliphatic heterocycles. The van der Waals surface area contributed by atoms with Gasteiger partial charge >= 0.3 is 5.97 Å². The molecule has 0 bridgehead atoms. The number of nitrogens with zero attached hydrogens (tertiary/aromatic N) is 1. The number of rotatable bonds is 9. The smallest absolute Gasteiger partial charge is 0.303 e. The molecular formula is C14H20N2O4S. The number of carboxylic acid groups (broad SMARTS) is 1. The molecule has 1 aromatic rings. The first-order chi connectivity index (χ1) is 10.0. The molecule has 7 heteroatoms. The van der Waals surface area contributed by atoms with Crippen molar-refractivity contribution in [3.8, 4) is 0 Å². The van der Waals surface area contributed by atoms with Gasteiger partial charge in [0.05, 0.1) is 11.4 Å². The number of unbranched alkanes of at least 4 members (excludes halogenated alkanes) is 2. The minimum absolute atomic E-state index is 0.0197. The van der Waals surface area contributed by atoms with Crippen molar-refractivity contribution in [1.82, 2.24) is 10.2 Å². The van der Waals surface area contributed by atoms with E-state index >= 15 is 0 Å². The van der Waals surface area contributed by atoms with Crippen LogP contribution in [0.15, 0.2) is 17.5 Å². The monoisotopic (exact) mass is 312 g/mol. The molecule has 0 aliphatic rings. The van der Waals surface area contributed by atoms with E-state index in [-0.39, 0.29) is 24.8 Å². The summed E-state index contributed by atoms with van der Waals surface area (Å²) in [5.41, 5.74) is 0. The van der Waals surface area contributed by atoms with Gasteiger partial charge in [0, 0.05) is 20.0 Å². The van der Waals surface area contributed by atoms with Crippen LogP contribution in [0.4, 0.5) is 0 Å². The molecule has 0 unspecified atom stereocenters. The van der Waals surface area contributed by atoms with E-state index in [2.05, 4.69) is 5.32 Å². The number of carboxylic acids is 1. The van der Waals surface area contributed by atoms with Gasteiger partial charge in [-0.15, -0.1) is 11.3 Å². The van der Waals surface area contributed by atoms with Crippen LogP contribution >= 0.6 is 11.3 Å². The van der Waals surface area contributed by atoms with Crippen LogP contribution in [0.3, 0.4) is 0 Å². The zero-order valence-electron chi connectivity index (χ0n) is 12.0. The van der Waals surface area contributed by atoms with Crippen LogP contribution in [0.5, 0.6) is 0 Å². The third-order valence-electron chi connectivity index (χ3n) is 2.85. The number of thiophene rings is 1. The molecular weight excluding hydrogens is 292 g/mol. The van der Waals surface area contributed by atoms with Crippen molar-refractivity contribution in [2.45, 2.75) is 25.7 Å². The number of likely N-dealkylation sites (N-methyl/N-ethyl adjacent to an activating group) is 1. The van der Waals surface area contributed by atoms with Crippen molar-refractivity contribution >= 4 is 29.1 Å². The quantitative estimate of drug-likeness (QED) is 0.678. The molecule has 116 valence electrons. The highest BCUT2D eigenvalue weighted by molar-refractivity contribution is 7.12. The lowest BCUT2D eigenvalue weighted by molar-refractivity contribution is -0.137. The van der Waals surface area contributed by atoms with Crippen molar-refractivity contribution in [1.29, 1.82) is 0 Å². The lowest BCUT2D eigenvalue weighted by Crippen LogP contribution is -2.38. The fourth-order valence-electron chi connectivity index (χ4n) is 1.74. The molecule has 0 saturated heterocycles. The first-order valence-electron chi connectivity index (χ1n) is 6.78. The van der Waals surface area contributed by atoms with Gasteiger partial charge in [-0.3, -0.25) is 14.4 Å². The molecule has 0 spiro atoms. The Morgan fingerprint density at radius 2 is 2.05 bits per heavy atom. The lowest BCUT2D eigenvalue weighted by atomic mass is 10.2. The maximum Gasteiger partial charge on any atom is 0.303 e. The number of hydrogen-bond acceptors (Lipinski definition) is 4. The summed E-state index contributed by atoms with van der Waals surface area (Å²) in [6.07, 6.45) is 2.27. The van der Waals surface area contributed by atoms with Crippen LogP contribution in [-0.4, -0.2) is 47.9 Å². The van der Waals surface area contributed by atoms with Crippen LogP contribution in [0.2, 0.25) is 0 Å². The normalized spacial score (nSPS) is 10.1. The van der Waals surface area contributed by atoms with Crippen molar-refractivity contribution < 1.29 is 19.5 Å². The molecule has 2 N–H and O–H groups in total. The number of aliphatic carboxylic acids is 1. The van der Waals surface area contributed by atoms with Gasteiger partial charge in [-0.1, -0.05) is 12.5 Å². The second kappa shape index (κ2) is 9.12. The molecule has 1 heterocycles. The largest absolute Gasteiger partial charge is 0.481 e. The Bertz CT molecular complexity index is 473. The first kappa shape index (κ1) is 17.2. The Morgan fingerprint density at radius 3 is 2.67 bits per heavy atom. The minimum atomic E-state index is -0.798. The van der Waals surface area contributed by atoms with Gasteiger partial charge in [-0.05, 0) is 24.3 Å². The van der Waals surface area contributed by atoms with Gasteiger partial charge < -0.3 is 15.3 Å². The summed E-state index contributed by atoms with van der Waals surface area (Å²) in [6, 6.07) is 3.52. The molecule has 0 aromatic carbocycles. The molecule has 0 radical (unpaired) electrons. The third kappa shape index (κ3) is 6.89. The molecule has 1 rings (SSSR count). The molecule has 0 atom stereocenters. The van der Waals surface area contributed by atoms with Crippen LogP contribution in [0.25, 0.3) is 0 Å². The van der Waals surface area contributed by atoms with E-state index in [4.69, 9.17) is 5.11 Å². The van der Waals surface area contributed by atoms with Crippen LogP contribution in [-0.2, 0) is 9.59 Å². The van der Waals surface area contributed by atoms with E-state index in [1.54, 1.807) is 19.2 Å². The Balaban J connectivity index is 2.15. The molecule has 0 aliphatic carbocycles. The summed E-state index contributed by atoms with van der Waals surface area (Å²) in [6.45, 7) is 0.519. The fourth-order valence-corrected chi connectivity index (χ4v) is 2.45. The molecule has 0 saturated carbocycles. The van der Waals surface area contributed by atoms with E-state index in [9.17, 15) is 14.4 Å². The summed E-state index contributed by atoms with van der Waals surface area (Å²) in [7, 11) is 1.59. The fraction of sp³-hybridized carbons (Fsp3) is 0.500. The minimum Gasteiger partial charge on any atom is -0.481 e. The highest BCUT2D eigenvalue weighted by atomic mass is 32.1. The SMILES string of the molecule is CN(CC(=O)NCCCCCC(=O)O)C(=O)c1cccs1. The molecule has 0 fully saturated rings. The van der Waals surface area contributed by atoms with Crippen LogP contribution in [0.1, 0.15) is 35.4 Å². The zero-order valence-corrected chi connectivity index (χ0v) is 12.8. The number of carbonyl (C=O) groups is 3. The second-order valence-electron chi connectivity index (χ2n) is 4.69. The topological polar surface area (TPSA) is 86.7 Å². The van der Waals surface area contributed by atoms with Crippen molar-refractivity contribution in [2.24, 2.45) is 0 Å². The maximum atomic E-state index is 11.9. The number of nitrogens with one attached hydrogen (secondary N) is 1. The third-order valence-corrected chi connectivity index (χ3v) is 3.71. The van der Waals surface area contributed by atoms with Gasteiger partial charge in [0.1, 0.15) is 0 Å². The van der Waals surface area contributed by atoms with E-state index in [1.807, 2.05) is 5.38 Å². The zero-order chi connectivity index (χ0) is 15.7. The molecule has 6 nitrogen and oxygen atoms in total. The Morgan fingerprint density at radius 1 is 1.29 bits per heavy atom. The summed E-state index contributed by atoms with van der Waals surface area (Å²) in [5.74, 6) is -1.17. The van der Waals surface area contributed by atoms with Gasteiger partial charge in [-0.2, -0.15) is 0 Å². The molecule has 21 heavy (non-hydrogen) atoms. The standard InChI is InChI=1S/C14H20N2O4S/c1-16(14(20)11-6-5-9-21-11)10-12(17)15-8-4-2-3-7-13(18)19/h5-6,9H,2-4,7-8,10H2,1H3,(H,15,17)(H,18,19). The van der Waals surface area contributed by atoms with Gasteiger partial charge in [0.15, 0.2) is 0 Å². The van der Waals surface area contributed by atoms with Gasteiger partial charge in [-0.25, -0.2) is 0 Å². The van der Waals surface area contributed by atoms with E-state index < -0.39 is 5.97 Å². The second-order valence-corrected chi connectivity index (χ2v) is 5.64. The van der Waals surface area contributed by atoms with E-state index in [1.165, 1.54) is 16.2 Å². The summed E-state index contributed by atoms with van der Waals surface area (Å²) in [4.78, 5) is 35.9. The Kier molecular flexibility index (Phi) is 7.45. The predicted molar refractivity (Wildman–Crippen MR) is 80.4 cm³/mol. The van der Waals surface area contributed by atoms with E-state index in [0.717, 1.165) is 12.8 Å². The van der Waals surface area contributed by atoms with Gasteiger partial charge in [0.25, 0.3) is 5.91 Å².